The Labute approximate surface area is 158 Å². The van der Waals surface area contributed by atoms with Crippen molar-refractivity contribution in [2.45, 2.75) is 26.0 Å². The number of benzene rings is 2. The number of fused-ring (bicyclic) bond motifs is 1. The number of hydrogen-bond donors (Lipinski definition) is 0. The summed E-state index contributed by atoms with van der Waals surface area (Å²) in [5.41, 5.74) is 2.15. The number of amides is 1. The first kappa shape index (κ1) is 17.2. The second kappa shape index (κ2) is 7.19. The highest BCUT2D eigenvalue weighted by Gasteiger charge is 2.32. The molecule has 1 aliphatic rings. The van der Waals surface area contributed by atoms with Gasteiger partial charge in [-0.25, -0.2) is 0 Å². The molecule has 0 saturated carbocycles. The predicted molar refractivity (Wildman–Crippen MR) is 102 cm³/mol. The van der Waals surface area contributed by atoms with Gasteiger partial charge in [-0.15, -0.1) is 0 Å². The number of hydrogen-bond acceptors (Lipinski definition) is 4. The van der Waals surface area contributed by atoms with E-state index in [1.54, 1.807) is 19.2 Å². The van der Waals surface area contributed by atoms with Crippen LogP contribution in [-0.4, -0.2) is 19.1 Å². The molecule has 1 aromatic heterocycles. The minimum absolute atomic E-state index is 0.110. The molecule has 27 heavy (non-hydrogen) atoms. The summed E-state index contributed by atoms with van der Waals surface area (Å²) in [5.74, 6) is 2.29. The van der Waals surface area contributed by atoms with Crippen LogP contribution < -0.4 is 14.4 Å². The molecule has 4 rings (SSSR count). The van der Waals surface area contributed by atoms with E-state index >= 15 is 0 Å². The molecule has 1 unspecified atom stereocenters. The number of ether oxygens (including phenoxy) is 2. The fraction of sp³-hybridized carbons (Fsp3) is 0.227. The molecule has 0 N–H and O–H groups in total. The van der Waals surface area contributed by atoms with E-state index in [0.29, 0.717) is 17.3 Å². The molecule has 5 heteroatoms. The first-order chi connectivity index (χ1) is 13.2. The second-order valence-electron chi connectivity index (χ2n) is 6.59. The summed E-state index contributed by atoms with van der Waals surface area (Å²) in [6.07, 6.45) is 0.857. The molecule has 1 amide bonds. The highest BCUT2D eigenvalue weighted by molar-refractivity contribution is 6.06. The third-order valence-electron chi connectivity index (χ3n) is 4.74. The van der Waals surface area contributed by atoms with Crippen LogP contribution in [0.15, 0.2) is 65.1 Å². The van der Waals surface area contributed by atoms with Crippen LogP contribution in [-0.2, 0) is 13.0 Å². The Kier molecular flexibility index (Phi) is 4.59. The first-order valence-electron chi connectivity index (χ1n) is 8.93. The zero-order valence-corrected chi connectivity index (χ0v) is 15.3. The average molecular weight is 363 g/mol. The Balaban J connectivity index is 1.45. The van der Waals surface area contributed by atoms with Crippen molar-refractivity contribution in [1.29, 1.82) is 0 Å². The van der Waals surface area contributed by atoms with Crippen molar-refractivity contribution >= 4 is 11.6 Å². The number of furan rings is 1. The average Bonchev–Trinajstić information content (AvgIpc) is 3.30. The van der Waals surface area contributed by atoms with Crippen LogP contribution in [0.3, 0.4) is 0 Å². The van der Waals surface area contributed by atoms with Crippen molar-refractivity contribution in [3.63, 3.8) is 0 Å². The number of nitrogens with zero attached hydrogens (tertiary/aromatic N) is 1. The van der Waals surface area contributed by atoms with Gasteiger partial charge in [-0.1, -0.05) is 18.2 Å². The molecule has 1 atom stereocenters. The summed E-state index contributed by atoms with van der Waals surface area (Å²) in [6.45, 7) is 2.31. The summed E-state index contributed by atoms with van der Waals surface area (Å²) in [6, 6.07) is 18.9. The molecule has 0 spiro atoms. The van der Waals surface area contributed by atoms with Crippen LogP contribution in [0.5, 0.6) is 11.5 Å². The summed E-state index contributed by atoms with van der Waals surface area (Å²) in [5, 5.41) is 0. The third kappa shape index (κ3) is 3.40. The molecule has 0 aliphatic carbocycles. The number of carbonyl (C=O) groups is 1. The van der Waals surface area contributed by atoms with Crippen molar-refractivity contribution in [2.75, 3.05) is 12.0 Å². The molecule has 0 bridgehead atoms. The Morgan fingerprint density at radius 3 is 2.59 bits per heavy atom. The summed E-state index contributed by atoms with van der Waals surface area (Å²) < 4.78 is 16.6. The van der Waals surface area contributed by atoms with Gasteiger partial charge in [-0.3, -0.25) is 4.79 Å². The maximum absolute atomic E-state index is 13.0. The van der Waals surface area contributed by atoms with Gasteiger partial charge in [0.25, 0.3) is 5.91 Å². The summed E-state index contributed by atoms with van der Waals surface area (Å²) >= 11 is 0. The fourth-order valence-corrected chi connectivity index (χ4v) is 3.39. The van der Waals surface area contributed by atoms with E-state index in [0.717, 1.165) is 17.9 Å². The molecule has 2 aromatic carbocycles. The Morgan fingerprint density at radius 1 is 1.07 bits per heavy atom. The molecule has 0 radical (unpaired) electrons. The van der Waals surface area contributed by atoms with Crippen LogP contribution in [0.2, 0.25) is 0 Å². The summed E-state index contributed by atoms with van der Waals surface area (Å²) in [7, 11) is 1.62. The normalized spacial score (nSPS) is 15.5. The monoisotopic (exact) mass is 363 g/mol. The smallest absolute Gasteiger partial charge is 0.294 e. The highest BCUT2D eigenvalue weighted by atomic mass is 16.5. The van der Waals surface area contributed by atoms with Gasteiger partial charge in [0.15, 0.2) is 5.76 Å². The van der Waals surface area contributed by atoms with E-state index in [1.165, 1.54) is 5.56 Å². The molecule has 5 nitrogen and oxygen atoms in total. The van der Waals surface area contributed by atoms with E-state index in [4.69, 9.17) is 13.9 Å². The van der Waals surface area contributed by atoms with Crippen LogP contribution in [0.4, 0.5) is 5.69 Å². The number of para-hydroxylation sites is 1. The molecule has 0 saturated heterocycles. The zero-order valence-electron chi connectivity index (χ0n) is 15.3. The van der Waals surface area contributed by atoms with Gasteiger partial charge in [-0.05, 0) is 61.4 Å². The Morgan fingerprint density at radius 2 is 1.81 bits per heavy atom. The predicted octanol–water partition coefficient (Wildman–Crippen LogP) is 4.46. The van der Waals surface area contributed by atoms with Gasteiger partial charge in [0.2, 0.25) is 0 Å². The van der Waals surface area contributed by atoms with Crippen molar-refractivity contribution in [3.05, 3.63) is 77.7 Å². The van der Waals surface area contributed by atoms with Gasteiger partial charge in [0, 0.05) is 11.7 Å². The van der Waals surface area contributed by atoms with Crippen LogP contribution in [0.25, 0.3) is 0 Å². The summed E-state index contributed by atoms with van der Waals surface area (Å²) in [4.78, 5) is 14.8. The first-order valence-corrected chi connectivity index (χ1v) is 8.93. The maximum atomic E-state index is 13.0. The minimum Gasteiger partial charge on any atom is -0.497 e. The molecular weight excluding hydrogens is 342 g/mol. The van der Waals surface area contributed by atoms with Crippen molar-refractivity contribution in [1.82, 2.24) is 0 Å². The topological polar surface area (TPSA) is 51.9 Å². The number of rotatable bonds is 5. The van der Waals surface area contributed by atoms with Crippen LogP contribution in [0, 0.1) is 0 Å². The van der Waals surface area contributed by atoms with E-state index in [-0.39, 0.29) is 18.6 Å². The SMILES string of the molecule is COc1ccc(OCc2ccc(C(=O)N3c4ccccc4CC3C)o2)cc1. The minimum atomic E-state index is -0.122. The van der Waals surface area contributed by atoms with E-state index in [9.17, 15) is 4.79 Å². The number of methoxy groups -OCH3 is 1. The lowest BCUT2D eigenvalue weighted by Crippen LogP contribution is -2.35. The molecule has 1 aliphatic heterocycles. The highest BCUT2D eigenvalue weighted by Crippen LogP contribution is 2.33. The molecule has 3 aromatic rings. The largest absolute Gasteiger partial charge is 0.497 e. The number of anilines is 1. The lowest BCUT2D eigenvalue weighted by molar-refractivity contribution is 0.0950. The molecule has 2 heterocycles. The van der Waals surface area contributed by atoms with Crippen LogP contribution >= 0.6 is 0 Å². The quantitative estimate of drug-likeness (QED) is 0.672. The van der Waals surface area contributed by atoms with Gasteiger partial charge in [0.05, 0.1) is 7.11 Å². The molecule has 138 valence electrons. The standard InChI is InChI=1S/C22H21NO4/c1-15-13-16-5-3-4-6-20(16)23(15)22(24)21-12-11-19(27-21)14-26-18-9-7-17(25-2)8-10-18/h3-12,15H,13-14H2,1-2H3. The zero-order chi connectivity index (χ0) is 18.8. The lowest BCUT2D eigenvalue weighted by atomic mass is 10.1. The van der Waals surface area contributed by atoms with Crippen molar-refractivity contribution in [3.8, 4) is 11.5 Å². The van der Waals surface area contributed by atoms with Gasteiger partial charge < -0.3 is 18.8 Å². The van der Waals surface area contributed by atoms with Crippen molar-refractivity contribution in [2.24, 2.45) is 0 Å². The van der Waals surface area contributed by atoms with E-state index in [2.05, 4.69) is 13.0 Å². The molecular formula is C22H21NO4. The number of carbonyl (C=O) groups excluding carboxylic acids is 1. The molecule has 0 fully saturated rings. The van der Waals surface area contributed by atoms with Crippen molar-refractivity contribution < 1.29 is 18.7 Å². The second-order valence-corrected chi connectivity index (χ2v) is 6.59. The van der Waals surface area contributed by atoms with Gasteiger partial charge in [0.1, 0.15) is 23.9 Å². The van der Waals surface area contributed by atoms with Crippen LogP contribution in [0.1, 0.15) is 28.8 Å². The van der Waals surface area contributed by atoms with Gasteiger partial charge in [-0.2, -0.15) is 0 Å². The Hall–Kier alpha value is -3.21. The fourth-order valence-electron chi connectivity index (χ4n) is 3.39. The third-order valence-corrected chi connectivity index (χ3v) is 4.74. The maximum Gasteiger partial charge on any atom is 0.294 e. The Bertz CT molecular complexity index is 945. The van der Waals surface area contributed by atoms with E-state index in [1.807, 2.05) is 47.4 Å². The lowest BCUT2D eigenvalue weighted by Gasteiger charge is -2.21. The van der Waals surface area contributed by atoms with E-state index < -0.39 is 0 Å². The van der Waals surface area contributed by atoms with Gasteiger partial charge >= 0.3 is 0 Å².